The van der Waals surface area contributed by atoms with Gasteiger partial charge in [0.15, 0.2) is 11.6 Å². The van der Waals surface area contributed by atoms with E-state index in [1.165, 1.54) is 4.68 Å². The van der Waals surface area contributed by atoms with Gasteiger partial charge in [-0.15, -0.1) is 0 Å². The number of rotatable bonds is 4. The maximum Gasteiger partial charge on any atom is 0.206 e. The van der Waals surface area contributed by atoms with Crippen LogP contribution in [-0.2, 0) is 14.1 Å². The van der Waals surface area contributed by atoms with Crippen molar-refractivity contribution in [2.45, 2.75) is 6.42 Å². The van der Waals surface area contributed by atoms with Crippen molar-refractivity contribution < 1.29 is 9.59 Å². The number of ketones is 2. The molecule has 106 valence electrons. The number of fused-ring (bicyclic) bond motifs is 1. The van der Waals surface area contributed by atoms with Crippen LogP contribution in [0.5, 0.6) is 0 Å². The first-order chi connectivity index (χ1) is 10.1. The van der Waals surface area contributed by atoms with Crippen molar-refractivity contribution >= 4 is 22.6 Å². The zero-order valence-electron chi connectivity index (χ0n) is 11.8. The van der Waals surface area contributed by atoms with Crippen LogP contribution in [0.4, 0.5) is 0 Å². The van der Waals surface area contributed by atoms with E-state index in [4.69, 9.17) is 0 Å². The lowest BCUT2D eigenvalue weighted by Crippen LogP contribution is -2.13. The molecule has 0 fully saturated rings. The van der Waals surface area contributed by atoms with Crippen molar-refractivity contribution in [2.24, 2.45) is 14.1 Å². The van der Waals surface area contributed by atoms with E-state index in [1.54, 1.807) is 30.9 Å². The molecule has 0 aliphatic rings. The Morgan fingerprint density at radius 3 is 2.52 bits per heavy atom. The number of aryl methyl sites for hydroxylation is 2. The summed E-state index contributed by atoms with van der Waals surface area (Å²) in [6.07, 6.45) is 1.45. The number of nitrogens with zero attached hydrogens (tertiary/aromatic N) is 4. The van der Waals surface area contributed by atoms with E-state index in [2.05, 4.69) is 10.1 Å². The summed E-state index contributed by atoms with van der Waals surface area (Å²) in [5, 5.41) is 4.01. The van der Waals surface area contributed by atoms with Gasteiger partial charge in [0.05, 0.1) is 17.5 Å². The largest absolute Gasteiger partial charge is 0.325 e. The van der Waals surface area contributed by atoms with Crippen molar-refractivity contribution in [3.05, 3.63) is 48.0 Å². The van der Waals surface area contributed by atoms with Crippen LogP contribution in [0.25, 0.3) is 11.0 Å². The van der Waals surface area contributed by atoms with Gasteiger partial charge in [0, 0.05) is 20.3 Å². The first-order valence-electron chi connectivity index (χ1n) is 6.54. The molecule has 3 aromatic rings. The monoisotopic (exact) mass is 282 g/mol. The van der Waals surface area contributed by atoms with Crippen molar-refractivity contribution in [3.8, 4) is 0 Å². The van der Waals surface area contributed by atoms with Crippen LogP contribution in [0.2, 0.25) is 0 Å². The molecule has 0 amide bonds. The van der Waals surface area contributed by atoms with Gasteiger partial charge in [0.25, 0.3) is 0 Å². The molecule has 0 unspecified atom stereocenters. The van der Waals surface area contributed by atoms with E-state index < -0.39 is 0 Å². The number of imidazole rings is 1. The first kappa shape index (κ1) is 13.2. The topological polar surface area (TPSA) is 69.8 Å². The molecule has 6 heteroatoms. The Morgan fingerprint density at radius 2 is 1.86 bits per heavy atom. The Bertz CT molecular complexity index is 844. The minimum Gasteiger partial charge on any atom is -0.325 e. The number of hydrogen-bond donors (Lipinski definition) is 0. The molecule has 2 aromatic heterocycles. The molecular formula is C15H14N4O2. The predicted molar refractivity (Wildman–Crippen MR) is 77.2 cm³/mol. The Morgan fingerprint density at radius 1 is 1.10 bits per heavy atom. The second-order valence-electron chi connectivity index (χ2n) is 4.88. The molecule has 0 radical (unpaired) electrons. The third kappa shape index (κ3) is 2.35. The third-order valence-electron chi connectivity index (χ3n) is 3.36. The van der Waals surface area contributed by atoms with E-state index in [0.29, 0.717) is 11.5 Å². The molecule has 0 saturated carbocycles. The fourth-order valence-electron chi connectivity index (χ4n) is 2.27. The van der Waals surface area contributed by atoms with Crippen LogP contribution in [-0.4, -0.2) is 30.9 Å². The van der Waals surface area contributed by atoms with Gasteiger partial charge >= 0.3 is 0 Å². The van der Waals surface area contributed by atoms with E-state index in [9.17, 15) is 9.59 Å². The lowest BCUT2D eigenvalue weighted by atomic mass is 10.1. The van der Waals surface area contributed by atoms with E-state index in [1.807, 2.05) is 24.3 Å². The summed E-state index contributed by atoms with van der Waals surface area (Å²) < 4.78 is 3.25. The second-order valence-corrected chi connectivity index (χ2v) is 4.88. The number of para-hydroxylation sites is 2. The molecule has 1 aromatic carbocycles. The van der Waals surface area contributed by atoms with Crippen molar-refractivity contribution in [3.63, 3.8) is 0 Å². The minimum absolute atomic E-state index is 0.228. The highest BCUT2D eigenvalue weighted by Gasteiger charge is 2.20. The smallest absolute Gasteiger partial charge is 0.206 e. The zero-order chi connectivity index (χ0) is 15.0. The maximum absolute atomic E-state index is 12.3. The normalized spacial score (nSPS) is 11.0. The van der Waals surface area contributed by atoms with Gasteiger partial charge in [-0.1, -0.05) is 12.1 Å². The number of carbonyl (C=O) groups is 2. The van der Waals surface area contributed by atoms with Crippen LogP contribution in [0.1, 0.15) is 27.5 Å². The highest BCUT2D eigenvalue weighted by molar-refractivity contribution is 6.12. The number of aromatic nitrogens is 4. The number of carbonyl (C=O) groups excluding carboxylic acids is 2. The molecule has 0 aliphatic carbocycles. The highest BCUT2D eigenvalue weighted by Crippen LogP contribution is 2.16. The van der Waals surface area contributed by atoms with Crippen LogP contribution in [0.3, 0.4) is 0 Å². The third-order valence-corrected chi connectivity index (χ3v) is 3.36. The summed E-state index contributed by atoms with van der Waals surface area (Å²) in [6, 6.07) is 9.08. The molecule has 0 N–H and O–H groups in total. The molecule has 0 bridgehead atoms. The molecule has 2 heterocycles. The summed E-state index contributed by atoms with van der Waals surface area (Å²) in [7, 11) is 3.50. The zero-order valence-corrected chi connectivity index (χ0v) is 11.8. The van der Waals surface area contributed by atoms with Crippen molar-refractivity contribution in [1.29, 1.82) is 0 Å². The van der Waals surface area contributed by atoms with Gasteiger partial charge < -0.3 is 4.57 Å². The fraction of sp³-hybridized carbons (Fsp3) is 0.200. The molecule has 0 spiro atoms. The summed E-state index contributed by atoms with van der Waals surface area (Å²) >= 11 is 0. The van der Waals surface area contributed by atoms with Crippen LogP contribution in [0, 0.1) is 0 Å². The summed E-state index contributed by atoms with van der Waals surface area (Å²) in [5.41, 5.74) is 1.91. The molecule has 6 nitrogen and oxygen atoms in total. The summed E-state index contributed by atoms with van der Waals surface area (Å²) in [5.74, 6) is -0.308. The average molecular weight is 282 g/mol. The van der Waals surface area contributed by atoms with Crippen LogP contribution in [0.15, 0.2) is 36.5 Å². The number of benzene rings is 1. The summed E-state index contributed by atoms with van der Waals surface area (Å²) in [6.45, 7) is 0. The van der Waals surface area contributed by atoms with Gasteiger partial charge in [-0.3, -0.25) is 14.3 Å². The Labute approximate surface area is 121 Å². The predicted octanol–water partition coefficient (Wildman–Crippen LogP) is 1.76. The van der Waals surface area contributed by atoms with Crippen LogP contribution < -0.4 is 0 Å². The standard InChI is InChI=1S/C15H14N4O2/c1-18-8-7-11(17-18)13(20)9-14(21)15-16-10-5-3-4-6-12(10)19(15)2/h3-8H,9H2,1-2H3. The van der Waals surface area contributed by atoms with Gasteiger partial charge in [-0.25, -0.2) is 4.98 Å². The van der Waals surface area contributed by atoms with E-state index in [0.717, 1.165) is 11.0 Å². The van der Waals surface area contributed by atoms with Crippen molar-refractivity contribution in [1.82, 2.24) is 19.3 Å². The second kappa shape index (κ2) is 4.97. The van der Waals surface area contributed by atoms with Crippen molar-refractivity contribution in [2.75, 3.05) is 0 Å². The minimum atomic E-state index is -0.302. The van der Waals surface area contributed by atoms with Crippen LogP contribution >= 0.6 is 0 Å². The fourth-order valence-corrected chi connectivity index (χ4v) is 2.27. The molecule has 21 heavy (non-hydrogen) atoms. The SMILES string of the molecule is Cn1ccc(C(=O)CC(=O)c2nc3ccccc3n2C)n1. The molecule has 0 atom stereocenters. The quantitative estimate of drug-likeness (QED) is 0.540. The lowest BCUT2D eigenvalue weighted by molar-refractivity contribution is 0.0884. The van der Waals surface area contributed by atoms with Gasteiger partial charge in [0.1, 0.15) is 5.69 Å². The van der Waals surface area contributed by atoms with Gasteiger partial charge in [-0.05, 0) is 18.2 Å². The maximum atomic E-state index is 12.3. The lowest BCUT2D eigenvalue weighted by Gasteiger charge is -2.00. The van der Waals surface area contributed by atoms with Gasteiger partial charge in [0.2, 0.25) is 5.78 Å². The van der Waals surface area contributed by atoms with Gasteiger partial charge in [-0.2, -0.15) is 5.10 Å². The van der Waals surface area contributed by atoms with E-state index in [-0.39, 0.29) is 18.0 Å². The summed E-state index contributed by atoms with van der Waals surface area (Å²) in [4.78, 5) is 28.6. The molecular weight excluding hydrogens is 268 g/mol. The average Bonchev–Trinajstić information content (AvgIpc) is 3.04. The Hall–Kier alpha value is -2.76. The van der Waals surface area contributed by atoms with E-state index >= 15 is 0 Å². The number of hydrogen-bond acceptors (Lipinski definition) is 4. The molecule has 0 saturated heterocycles. The first-order valence-corrected chi connectivity index (χ1v) is 6.54. The Balaban J connectivity index is 1.87. The molecule has 0 aliphatic heterocycles. The molecule has 3 rings (SSSR count). The number of Topliss-reactive ketones (excluding diaryl/α,β-unsaturated/α-hetero) is 2. The highest BCUT2D eigenvalue weighted by atomic mass is 16.1. The Kier molecular flexibility index (Phi) is 3.13.